The molecule has 0 saturated carbocycles. The molecule has 0 aliphatic carbocycles. The van der Waals surface area contributed by atoms with Gasteiger partial charge >= 0.3 is 6.09 Å². The number of hydrogen-bond acceptors (Lipinski definition) is 3. The lowest BCUT2D eigenvalue weighted by molar-refractivity contribution is 0.0357. The van der Waals surface area contributed by atoms with E-state index in [0.717, 1.165) is 19.4 Å². The lowest BCUT2D eigenvalue weighted by atomic mass is 9.87. The number of nitrogens with two attached hydrogens (primary N) is 1. The minimum Gasteiger partial charge on any atom is -0.444 e. The molecular weight excluding hydrogens is 242 g/mol. The van der Waals surface area contributed by atoms with E-state index >= 15 is 0 Å². The number of amides is 1. The Morgan fingerprint density at radius 2 is 2.11 bits per heavy atom. The quantitative estimate of drug-likeness (QED) is 0.803. The monoisotopic (exact) mass is 263 g/mol. The van der Waals surface area contributed by atoms with E-state index in [2.05, 4.69) is 12.1 Å². The standard InChI is InChI=1S/C15H21NO3/c1-15(2,19-14(16)17)9-8-12(13-10-18-13)11-6-4-3-5-7-11/h3-7,12-13H,8-10H2,1-2H3,(H2,16,17). The van der Waals surface area contributed by atoms with Crippen LogP contribution in [0.3, 0.4) is 0 Å². The van der Waals surface area contributed by atoms with E-state index in [4.69, 9.17) is 15.2 Å². The molecule has 0 spiro atoms. The van der Waals surface area contributed by atoms with Gasteiger partial charge in [0, 0.05) is 5.92 Å². The van der Waals surface area contributed by atoms with Crippen LogP contribution in [0.1, 0.15) is 38.2 Å². The molecule has 2 unspecified atom stereocenters. The average molecular weight is 263 g/mol. The Morgan fingerprint density at radius 1 is 1.47 bits per heavy atom. The molecule has 1 saturated heterocycles. The molecule has 4 nitrogen and oxygen atoms in total. The first-order valence-electron chi connectivity index (χ1n) is 6.63. The van der Waals surface area contributed by atoms with Crippen LogP contribution in [0.2, 0.25) is 0 Å². The van der Waals surface area contributed by atoms with E-state index in [1.54, 1.807) is 0 Å². The van der Waals surface area contributed by atoms with Crippen molar-refractivity contribution in [2.45, 2.75) is 44.3 Å². The first kappa shape index (κ1) is 13.9. The lowest BCUT2D eigenvalue weighted by Crippen LogP contribution is -2.31. The molecule has 1 amide bonds. The van der Waals surface area contributed by atoms with E-state index in [-0.39, 0.29) is 0 Å². The van der Waals surface area contributed by atoms with Gasteiger partial charge in [-0.25, -0.2) is 4.79 Å². The fourth-order valence-corrected chi connectivity index (χ4v) is 2.38. The third-order valence-corrected chi connectivity index (χ3v) is 3.47. The number of benzene rings is 1. The van der Waals surface area contributed by atoms with Gasteiger partial charge in [-0.3, -0.25) is 0 Å². The Bertz CT molecular complexity index is 426. The van der Waals surface area contributed by atoms with Gasteiger partial charge in [0.2, 0.25) is 0 Å². The highest BCUT2D eigenvalue weighted by Crippen LogP contribution is 2.35. The molecule has 1 aliphatic heterocycles. The SMILES string of the molecule is CC(C)(CCC(c1ccccc1)C1CO1)OC(N)=O. The predicted octanol–water partition coefficient (Wildman–Crippen LogP) is 2.82. The Morgan fingerprint density at radius 3 is 2.63 bits per heavy atom. The Labute approximate surface area is 113 Å². The second-order valence-electron chi connectivity index (χ2n) is 5.61. The number of rotatable bonds is 6. The summed E-state index contributed by atoms with van der Waals surface area (Å²) in [5.41, 5.74) is 5.83. The molecule has 2 atom stereocenters. The van der Waals surface area contributed by atoms with Gasteiger partial charge in [-0.15, -0.1) is 0 Å². The highest BCUT2D eigenvalue weighted by atomic mass is 16.6. The molecule has 0 aromatic heterocycles. The van der Waals surface area contributed by atoms with Crippen LogP contribution in [0.4, 0.5) is 4.79 Å². The van der Waals surface area contributed by atoms with Crippen molar-refractivity contribution in [2.75, 3.05) is 6.61 Å². The fraction of sp³-hybridized carbons (Fsp3) is 0.533. The van der Waals surface area contributed by atoms with Crippen molar-refractivity contribution in [3.8, 4) is 0 Å². The van der Waals surface area contributed by atoms with Gasteiger partial charge in [0.25, 0.3) is 0 Å². The van der Waals surface area contributed by atoms with Crippen LogP contribution in [0.5, 0.6) is 0 Å². The molecule has 104 valence electrons. The second-order valence-corrected chi connectivity index (χ2v) is 5.61. The molecule has 0 bridgehead atoms. The minimum atomic E-state index is -0.719. The van der Waals surface area contributed by atoms with Crippen molar-refractivity contribution in [2.24, 2.45) is 5.73 Å². The van der Waals surface area contributed by atoms with Gasteiger partial charge in [-0.2, -0.15) is 0 Å². The average Bonchev–Trinajstić information content (AvgIpc) is 3.13. The Balaban J connectivity index is 1.97. The Kier molecular flexibility index (Phi) is 4.10. The van der Waals surface area contributed by atoms with E-state index in [1.165, 1.54) is 5.56 Å². The van der Waals surface area contributed by atoms with Crippen LogP contribution >= 0.6 is 0 Å². The van der Waals surface area contributed by atoms with Crippen LogP contribution in [-0.4, -0.2) is 24.4 Å². The van der Waals surface area contributed by atoms with Crippen LogP contribution in [0.15, 0.2) is 30.3 Å². The van der Waals surface area contributed by atoms with Crippen molar-refractivity contribution in [1.82, 2.24) is 0 Å². The zero-order chi connectivity index (χ0) is 13.9. The van der Waals surface area contributed by atoms with Crippen molar-refractivity contribution in [3.63, 3.8) is 0 Å². The summed E-state index contributed by atoms with van der Waals surface area (Å²) in [6.07, 6.45) is 1.25. The summed E-state index contributed by atoms with van der Waals surface area (Å²) in [6.45, 7) is 4.58. The van der Waals surface area contributed by atoms with Crippen molar-refractivity contribution in [3.05, 3.63) is 35.9 Å². The van der Waals surface area contributed by atoms with Crippen molar-refractivity contribution in [1.29, 1.82) is 0 Å². The summed E-state index contributed by atoms with van der Waals surface area (Å²) in [6, 6.07) is 10.3. The van der Waals surface area contributed by atoms with Gasteiger partial charge in [-0.1, -0.05) is 30.3 Å². The molecule has 4 heteroatoms. The largest absolute Gasteiger partial charge is 0.444 e. The molecule has 2 N–H and O–H groups in total. The van der Waals surface area contributed by atoms with Crippen molar-refractivity contribution >= 4 is 6.09 Å². The van der Waals surface area contributed by atoms with E-state index < -0.39 is 11.7 Å². The van der Waals surface area contributed by atoms with Crippen LogP contribution in [0, 0.1) is 0 Å². The summed E-state index contributed by atoms with van der Waals surface area (Å²) in [5.74, 6) is 0.358. The van der Waals surface area contributed by atoms with Gasteiger partial charge < -0.3 is 15.2 Å². The maximum atomic E-state index is 10.9. The van der Waals surface area contributed by atoms with E-state index in [0.29, 0.717) is 12.0 Å². The maximum absolute atomic E-state index is 10.9. The number of ether oxygens (including phenoxy) is 2. The van der Waals surface area contributed by atoms with Crippen molar-refractivity contribution < 1.29 is 14.3 Å². The second kappa shape index (κ2) is 5.61. The number of carbonyl (C=O) groups is 1. The third-order valence-electron chi connectivity index (χ3n) is 3.47. The molecule has 0 radical (unpaired) electrons. The van der Waals surface area contributed by atoms with Gasteiger partial charge in [0.05, 0.1) is 12.7 Å². The summed E-state index contributed by atoms with van der Waals surface area (Å²) in [7, 11) is 0. The lowest BCUT2D eigenvalue weighted by Gasteiger charge is -2.26. The zero-order valence-corrected chi connectivity index (χ0v) is 11.5. The Hall–Kier alpha value is -1.55. The molecule has 1 heterocycles. The predicted molar refractivity (Wildman–Crippen MR) is 72.9 cm³/mol. The smallest absolute Gasteiger partial charge is 0.405 e. The molecule has 1 aliphatic rings. The summed E-state index contributed by atoms with van der Waals surface area (Å²) >= 11 is 0. The van der Waals surface area contributed by atoms with Crippen LogP contribution in [0.25, 0.3) is 0 Å². The molecule has 19 heavy (non-hydrogen) atoms. The third kappa shape index (κ3) is 4.24. The minimum absolute atomic E-state index is 0.298. The van der Waals surface area contributed by atoms with Crippen LogP contribution in [-0.2, 0) is 9.47 Å². The number of hydrogen-bond donors (Lipinski definition) is 1. The van der Waals surface area contributed by atoms with Crippen LogP contribution < -0.4 is 5.73 Å². The molecular formula is C15H21NO3. The maximum Gasteiger partial charge on any atom is 0.405 e. The summed E-state index contributed by atoms with van der Waals surface area (Å²) < 4.78 is 10.6. The van der Waals surface area contributed by atoms with E-state index in [1.807, 2.05) is 32.0 Å². The number of primary amides is 1. The first-order chi connectivity index (χ1) is 8.98. The van der Waals surface area contributed by atoms with Gasteiger partial charge in [-0.05, 0) is 32.3 Å². The van der Waals surface area contributed by atoms with Gasteiger partial charge in [0.1, 0.15) is 5.60 Å². The number of epoxide rings is 1. The topological polar surface area (TPSA) is 64.8 Å². The highest BCUT2D eigenvalue weighted by molar-refractivity contribution is 5.65. The fourth-order valence-electron chi connectivity index (χ4n) is 2.38. The summed E-state index contributed by atoms with van der Waals surface area (Å²) in [4.78, 5) is 10.9. The molecule has 1 aromatic rings. The number of carbonyl (C=O) groups excluding carboxylic acids is 1. The van der Waals surface area contributed by atoms with E-state index in [9.17, 15) is 4.79 Å². The highest BCUT2D eigenvalue weighted by Gasteiger charge is 2.35. The molecule has 2 rings (SSSR count). The molecule has 1 fully saturated rings. The summed E-state index contributed by atoms with van der Waals surface area (Å²) in [5, 5.41) is 0. The van der Waals surface area contributed by atoms with Gasteiger partial charge in [0.15, 0.2) is 0 Å². The zero-order valence-electron chi connectivity index (χ0n) is 11.5. The first-order valence-corrected chi connectivity index (χ1v) is 6.63. The normalized spacial score (nSPS) is 19.8. The molecule has 1 aromatic carbocycles.